The third-order valence-corrected chi connectivity index (χ3v) is 16.9. The van der Waals surface area contributed by atoms with Gasteiger partial charge in [0.15, 0.2) is 28.9 Å². The Labute approximate surface area is 433 Å². The van der Waals surface area contributed by atoms with E-state index >= 15 is 0 Å². The van der Waals surface area contributed by atoms with E-state index in [-0.39, 0.29) is 29.3 Å². The molecule has 24 nitrogen and oxygen atoms in total. The van der Waals surface area contributed by atoms with Crippen molar-refractivity contribution in [1.82, 2.24) is 29.7 Å². The van der Waals surface area contributed by atoms with Crippen LogP contribution in [0, 0.1) is 0 Å². The Morgan fingerprint density at radius 1 is 0.867 bits per heavy atom. The lowest BCUT2D eigenvalue weighted by Gasteiger charge is -2.39. The number of hydrogen-bond acceptors (Lipinski definition) is 16. The van der Waals surface area contributed by atoms with Crippen molar-refractivity contribution in [2.45, 2.75) is 82.3 Å². The van der Waals surface area contributed by atoms with Gasteiger partial charge in [0, 0.05) is 76.0 Å². The van der Waals surface area contributed by atoms with Gasteiger partial charge in [-0.2, -0.15) is 8.62 Å². The van der Waals surface area contributed by atoms with Gasteiger partial charge in [-0.05, 0) is 76.9 Å². The summed E-state index contributed by atoms with van der Waals surface area (Å²) in [6.07, 6.45) is 6.83. The van der Waals surface area contributed by atoms with Crippen LogP contribution in [0.4, 0.5) is 11.5 Å². The normalized spacial score (nSPS) is 20.7. The van der Waals surface area contributed by atoms with Gasteiger partial charge >= 0.3 is 23.5 Å². The largest absolute Gasteiger partial charge is 0.490 e. The number of allylic oxidation sites excluding steroid dienone is 5. The average molecular weight is 1100 g/mol. The molecule has 27 heteroatoms. The Bertz CT molecular complexity index is 3080. The molecule has 2 aliphatic carbocycles. The highest BCUT2D eigenvalue weighted by molar-refractivity contribution is 7.66. The van der Waals surface area contributed by atoms with Crippen molar-refractivity contribution in [1.29, 1.82) is 0 Å². The van der Waals surface area contributed by atoms with Crippen LogP contribution < -0.4 is 15.5 Å². The molecule has 2 amide bonds. The molecule has 1 aliphatic heterocycles. The van der Waals surface area contributed by atoms with Gasteiger partial charge in [-0.25, -0.2) is 33.2 Å². The number of imidazole rings is 1. The van der Waals surface area contributed by atoms with Crippen molar-refractivity contribution in [3.63, 3.8) is 0 Å². The maximum Gasteiger partial charge on any atom is 0.490 e. The Kier molecular flexibility index (Phi) is 18.0. The number of amides is 2. The second-order valence-corrected chi connectivity index (χ2v) is 23.7. The van der Waals surface area contributed by atoms with Crippen LogP contribution in [-0.2, 0) is 41.8 Å². The highest BCUT2D eigenvalue weighted by atomic mass is 31.3. The quantitative estimate of drug-likeness (QED) is 0.0281. The molecule has 8 N–H and O–H groups in total. The predicted octanol–water partition coefficient (Wildman–Crippen LogP) is 4.80. The number of nitrogens with one attached hydrogen (secondary N) is 2. The number of carbonyl (C=O) groups is 2. The minimum absolute atomic E-state index is 0.0864. The van der Waals surface area contributed by atoms with E-state index < -0.39 is 54.6 Å². The number of aliphatic hydroxyl groups is 2. The van der Waals surface area contributed by atoms with Gasteiger partial charge in [0.05, 0.1) is 12.9 Å². The molecule has 0 radical (unpaired) electrons. The lowest BCUT2D eigenvalue weighted by molar-refractivity contribution is -0.462. The van der Waals surface area contributed by atoms with Crippen LogP contribution >= 0.6 is 23.5 Å². The highest BCUT2D eigenvalue weighted by Gasteiger charge is 2.47. The maximum absolute atomic E-state index is 14.3. The van der Waals surface area contributed by atoms with E-state index in [0.29, 0.717) is 43.0 Å². The number of hydrogen-bond donors (Lipinski definition) is 8. The third kappa shape index (κ3) is 13.6. The minimum Gasteiger partial charge on any atom is -0.387 e. The number of fused-ring (bicyclic) bond motifs is 3. The topological polar surface area (TPSA) is 321 Å². The van der Waals surface area contributed by atoms with Gasteiger partial charge in [-0.3, -0.25) is 18.7 Å². The number of phosphoric ester groups is 1. The van der Waals surface area contributed by atoms with Crippen LogP contribution in [0.2, 0.25) is 0 Å². The molecule has 6 atom stereocenters. The molecule has 2 aromatic carbocycles. The summed E-state index contributed by atoms with van der Waals surface area (Å²) in [6.45, 7) is 4.95. The fourth-order valence-electron chi connectivity index (χ4n) is 9.20. The van der Waals surface area contributed by atoms with Crippen LogP contribution in [0.25, 0.3) is 16.7 Å². The van der Waals surface area contributed by atoms with E-state index in [1.165, 1.54) is 28.4 Å². The Hall–Kier alpha value is -5.29. The smallest absolute Gasteiger partial charge is 0.387 e. The molecule has 3 heterocycles. The van der Waals surface area contributed by atoms with Crippen molar-refractivity contribution in [2.75, 3.05) is 71.7 Å². The highest BCUT2D eigenvalue weighted by Crippen LogP contribution is 2.66. The zero-order valence-electron chi connectivity index (χ0n) is 42.6. The first-order valence-electron chi connectivity index (χ1n) is 24.1. The number of anilines is 2. The second kappa shape index (κ2) is 23.5. The van der Waals surface area contributed by atoms with E-state index in [4.69, 9.17) is 14.5 Å². The molecule has 0 spiro atoms. The number of carbonyl (C=O) groups excluding carboxylic acids is 2. The number of aromatic nitrogens is 4. The zero-order chi connectivity index (χ0) is 54.6. The minimum atomic E-state index is -5.77. The Morgan fingerprint density at radius 2 is 1.59 bits per heavy atom. The van der Waals surface area contributed by atoms with Crippen LogP contribution in [0.5, 0.6) is 0 Å². The first kappa shape index (κ1) is 57.4. The lowest BCUT2D eigenvalue weighted by atomic mass is 9.64. The molecule has 3 aliphatic rings. The van der Waals surface area contributed by atoms with Gasteiger partial charge in [0.25, 0.3) is 5.91 Å². The van der Waals surface area contributed by atoms with Crippen LogP contribution in [0.1, 0.15) is 85.6 Å². The molecule has 7 rings (SSSR count). The maximum atomic E-state index is 14.3. The number of nitrogens with zero attached hydrogens (tertiary/aromatic N) is 7. The first-order valence-corrected chi connectivity index (χ1v) is 28.6. The van der Waals surface area contributed by atoms with E-state index in [9.17, 15) is 43.3 Å². The Morgan fingerprint density at radius 3 is 2.29 bits per heavy atom. The molecule has 4 aromatic rings. The summed E-state index contributed by atoms with van der Waals surface area (Å²) in [5.41, 5.74) is 9.42. The summed E-state index contributed by atoms with van der Waals surface area (Å²) >= 11 is 0. The number of phosphoric acid groups is 3. The number of aliphatic hydroxyl groups excluding tert-OH is 2. The molecular formula is C48H65N9O15P3+. The number of rotatable bonds is 23. The molecule has 1 saturated heterocycles. The molecule has 75 heavy (non-hydrogen) atoms. The number of unbranched alkanes of at least 4 members (excludes halogenated alkanes) is 3. The van der Waals surface area contributed by atoms with Crippen LogP contribution in [0.3, 0.4) is 0 Å². The van der Waals surface area contributed by atoms with Crippen LogP contribution in [-0.4, -0.2) is 156 Å². The summed E-state index contributed by atoms with van der Waals surface area (Å²) in [6, 6.07) is 14.3. The SMILES string of the molecule is CN(CCCC(=O)NCCCCCCNc1ncnc2c1ncn2[C@@H]1O[C@H](COP(=O)(O)OP(=O)(O)OP(=O)(O)O)[C@@H](O)[C@H]1O)C(=O)c1ccccc1C1=C2C=CC(=[N+](C)C)C=C2C(C)(C)c2cc(N(C)C)ccc21. The first-order chi connectivity index (χ1) is 35.3. The molecular weight excluding hydrogens is 1040 g/mol. The van der Waals surface area contributed by atoms with Gasteiger partial charge in [0.1, 0.15) is 38.7 Å². The van der Waals surface area contributed by atoms with Gasteiger partial charge in [-0.1, -0.05) is 51.0 Å². The Balaban J connectivity index is 0.850. The van der Waals surface area contributed by atoms with Crippen LogP contribution in [0.15, 0.2) is 84.5 Å². The number of benzene rings is 2. The molecule has 0 bridgehead atoms. The van der Waals surface area contributed by atoms with E-state index in [1.807, 2.05) is 52.5 Å². The lowest BCUT2D eigenvalue weighted by Crippen LogP contribution is -2.33. The van der Waals surface area contributed by atoms with Crippen molar-refractivity contribution in [3.05, 3.63) is 107 Å². The summed E-state index contributed by atoms with van der Waals surface area (Å²) in [5, 5.41) is 27.6. The average Bonchev–Trinajstić information content (AvgIpc) is 3.89. The number of ether oxygens (including phenoxy) is 1. The molecule has 0 saturated carbocycles. The van der Waals surface area contributed by atoms with Crippen molar-refractivity contribution < 1.29 is 75.5 Å². The molecule has 1 fully saturated rings. The fraction of sp³-hybridized carbons (Fsp3) is 0.458. The van der Waals surface area contributed by atoms with Gasteiger partial charge in [-0.15, -0.1) is 0 Å². The molecule has 2 aromatic heterocycles. The summed E-state index contributed by atoms with van der Waals surface area (Å²) in [4.78, 5) is 80.3. The van der Waals surface area contributed by atoms with E-state index in [0.717, 1.165) is 59.4 Å². The zero-order valence-corrected chi connectivity index (χ0v) is 45.3. The van der Waals surface area contributed by atoms with Gasteiger partial charge in [0.2, 0.25) is 5.91 Å². The van der Waals surface area contributed by atoms with E-state index in [1.54, 1.807) is 11.9 Å². The summed E-state index contributed by atoms with van der Waals surface area (Å²) < 4.78 is 55.7. The van der Waals surface area contributed by atoms with Crippen molar-refractivity contribution >= 4 is 69.2 Å². The van der Waals surface area contributed by atoms with E-state index in [2.05, 4.69) is 98.5 Å². The third-order valence-electron chi connectivity index (χ3n) is 13.1. The monoisotopic (exact) mass is 1100 g/mol. The summed E-state index contributed by atoms with van der Waals surface area (Å²) in [7, 11) is -6.98. The molecule has 406 valence electrons. The van der Waals surface area contributed by atoms with Crippen molar-refractivity contribution in [3.8, 4) is 0 Å². The fourth-order valence-corrected chi connectivity index (χ4v) is 12.2. The predicted molar refractivity (Wildman–Crippen MR) is 278 cm³/mol. The van der Waals surface area contributed by atoms with Crippen molar-refractivity contribution in [2.24, 2.45) is 0 Å². The molecule has 2 unspecified atom stereocenters. The second-order valence-electron chi connectivity index (χ2n) is 19.3. The summed E-state index contributed by atoms with van der Waals surface area (Å²) in [5.74, 6) is 0.169. The van der Waals surface area contributed by atoms with Gasteiger partial charge < -0.3 is 55.0 Å². The standard InChI is InChI=1S/C48H64N9O15P3/c1-48(2)36-25-30(54(3)4)18-20-34(36)40(35-21-19-31(55(5)6)26-37(35)48)32-15-10-11-16-33(32)46(61)56(7)24-14-17-39(58)49-22-12-8-9-13-23-50-44-41-45(52-28-51-44)57(29-53-41)47-43(60)42(59)38(70-47)27-69-74(65,66)72-75(67,68)71-73(62,63)64/h10-11,15-16,18-21,25-26,28-29,38,42-43,47,59-60H,8-9,12-14,17,22-24,27H2,1-7H3,(H5-,49,50,51,52,58,62,63,64,65,66,67,68)/p+1/t38-,42-,43-,47-/m1/s1.